The van der Waals surface area contributed by atoms with Gasteiger partial charge in [-0.1, -0.05) is 20.8 Å². The van der Waals surface area contributed by atoms with Gasteiger partial charge < -0.3 is 15.4 Å². The van der Waals surface area contributed by atoms with Gasteiger partial charge in [-0.3, -0.25) is 4.79 Å². The van der Waals surface area contributed by atoms with Gasteiger partial charge in [0, 0.05) is 29.2 Å². The fourth-order valence-electron chi connectivity index (χ4n) is 1.79. The van der Waals surface area contributed by atoms with Gasteiger partial charge in [-0.15, -0.1) is 0 Å². The van der Waals surface area contributed by atoms with Crippen LogP contribution in [0.2, 0.25) is 0 Å². The van der Waals surface area contributed by atoms with Crippen molar-refractivity contribution in [2.24, 2.45) is 5.41 Å². The fourth-order valence-corrected chi connectivity index (χ4v) is 1.79. The van der Waals surface area contributed by atoms with Crippen LogP contribution in [0.25, 0.3) is 10.9 Å². The molecule has 1 unspecified atom stereocenters. The zero-order chi connectivity index (χ0) is 14.0. The van der Waals surface area contributed by atoms with Crippen molar-refractivity contribution >= 4 is 16.8 Å². The minimum Gasteiger partial charge on any atom is -0.391 e. The van der Waals surface area contributed by atoms with Gasteiger partial charge in [0.15, 0.2) is 0 Å². The standard InChI is InChI=1S/C15H20N2O2/c1-15(2,3)13(18)9-17-14(19)11-4-5-12-10(8-11)6-7-16-12/h4-8,13,16,18H,9H2,1-3H3,(H,17,19). The van der Waals surface area contributed by atoms with E-state index in [2.05, 4.69) is 10.3 Å². The van der Waals surface area contributed by atoms with Gasteiger partial charge in [0.05, 0.1) is 6.10 Å². The van der Waals surface area contributed by atoms with E-state index in [1.807, 2.05) is 45.2 Å². The van der Waals surface area contributed by atoms with Crippen LogP contribution in [0.3, 0.4) is 0 Å². The number of aromatic amines is 1. The van der Waals surface area contributed by atoms with E-state index >= 15 is 0 Å². The Hall–Kier alpha value is -1.81. The summed E-state index contributed by atoms with van der Waals surface area (Å²) in [7, 11) is 0. The number of rotatable bonds is 3. The SMILES string of the molecule is CC(C)(C)C(O)CNC(=O)c1ccc2[nH]ccc2c1. The summed E-state index contributed by atoms with van der Waals surface area (Å²) in [5, 5.41) is 13.7. The Balaban J connectivity index is 2.03. The van der Waals surface area contributed by atoms with Gasteiger partial charge in [0.25, 0.3) is 5.91 Å². The minimum absolute atomic E-state index is 0.161. The fraction of sp³-hybridized carbons (Fsp3) is 0.400. The highest BCUT2D eigenvalue weighted by molar-refractivity contribution is 5.98. The van der Waals surface area contributed by atoms with E-state index in [0.717, 1.165) is 10.9 Å². The molecular formula is C15H20N2O2. The number of carbonyl (C=O) groups is 1. The number of hydrogen-bond donors (Lipinski definition) is 3. The van der Waals surface area contributed by atoms with Crippen molar-refractivity contribution in [3.8, 4) is 0 Å². The monoisotopic (exact) mass is 260 g/mol. The van der Waals surface area contributed by atoms with Crippen LogP contribution >= 0.6 is 0 Å². The van der Waals surface area contributed by atoms with Crippen LogP contribution in [0.15, 0.2) is 30.5 Å². The number of hydrogen-bond acceptors (Lipinski definition) is 2. The number of aliphatic hydroxyl groups excluding tert-OH is 1. The molecule has 0 saturated carbocycles. The van der Waals surface area contributed by atoms with E-state index in [1.54, 1.807) is 6.07 Å². The number of fused-ring (bicyclic) bond motifs is 1. The quantitative estimate of drug-likeness (QED) is 0.793. The number of carbonyl (C=O) groups excluding carboxylic acids is 1. The number of benzene rings is 1. The highest BCUT2D eigenvalue weighted by atomic mass is 16.3. The lowest BCUT2D eigenvalue weighted by molar-refractivity contribution is 0.0587. The summed E-state index contributed by atoms with van der Waals surface area (Å²) in [6.07, 6.45) is 1.28. The van der Waals surface area contributed by atoms with Gasteiger partial charge >= 0.3 is 0 Å². The molecule has 1 aromatic carbocycles. The van der Waals surface area contributed by atoms with Crippen molar-refractivity contribution in [3.63, 3.8) is 0 Å². The molecule has 0 aliphatic carbocycles. The van der Waals surface area contributed by atoms with Crippen LogP contribution in [0.5, 0.6) is 0 Å². The Morgan fingerprint density at radius 1 is 1.37 bits per heavy atom. The highest BCUT2D eigenvalue weighted by Crippen LogP contribution is 2.18. The van der Waals surface area contributed by atoms with Crippen LogP contribution in [0.1, 0.15) is 31.1 Å². The number of nitrogens with one attached hydrogen (secondary N) is 2. The molecule has 0 fully saturated rings. The number of aliphatic hydroxyl groups is 1. The second-order valence-electron chi connectivity index (χ2n) is 5.87. The molecule has 4 heteroatoms. The zero-order valence-corrected chi connectivity index (χ0v) is 11.5. The van der Waals surface area contributed by atoms with Crippen LogP contribution < -0.4 is 5.32 Å². The molecule has 3 N–H and O–H groups in total. The molecule has 0 bridgehead atoms. The van der Waals surface area contributed by atoms with Crippen LogP contribution in [-0.2, 0) is 0 Å². The number of amides is 1. The summed E-state index contributed by atoms with van der Waals surface area (Å²) in [5.41, 5.74) is 1.37. The van der Waals surface area contributed by atoms with Crippen LogP contribution in [-0.4, -0.2) is 28.6 Å². The van der Waals surface area contributed by atoms with E-state index < -0.39 is 6.10 Å². The second kappa shape index (κ2) is 5.05. The van der Waals surface area contributed by atoms with Crippen molar-refractivity contribution in [1.29, 1.82) is 0 Å². The molecule has 1 amide bonds. The molecule has 0 spiro atoms. The summed E-state index contributed by atoms with van der Waals surface area (Å²) in [6, 6.07) is 7.42. The van der Waals surface area contributed by atoms with Crippen LogP contribution in [0, 0.1) is 5.41 Å². The molecule has 102 valence electrons. The van der Waals surface area contributed by atoms with Gasteiger partial charge in [-0.25, -0.2) is 0 Å². The first kappa shape index (κ1) is 13.6. The lowest BCUT2D eigenvalue weighted by atomic mass is 9.89. The van der Waals surface area contributed by atoms with Crippen molar-refractivity contribution in [3.05, 3.63) is 36.0 Å². The Bertz CT molecular complexity index is 581. The third-order valence-corrected chi connectivity index (χ3v) is 3.27. The largest absolute Gasteiger partial charge is 0.391 e. The molecule has 1 atom stereocenters. The molecule has 0 aliphatic heterocycles. The molecule has 1 aromatic heterocycles. The van der Waals surface area contributed by atoms with Crippen molar-refractivity contribution < 1.29 is 9.90 Å². The third-order valence-electron chi connectivity index (χ3n) is 3.27. The Morgan fingerprint density at radius 3 is 2.79 bits per heavy atom. The lowest BCUT2D eigenvalue weighted by Crippen LogP contribution is -2.39. The molecular weight excluding hydrogens is 240 g/mol. The molecule has 0 saturated heterocycles. The Kier molecular flexibility index (Phi) is 3.62. The molecule has 19 heavy (non-hydrogen) atoms. The lowest BCUT2D eigenvalue weighted by Gasteiger charge is -2.25. The first-order chi connectivity index (χ1) is 8.88. The predicted molar refractivity (Wildman–Crippen MR) is 76.1 cm³/mol. The number of H-pyrrole nitrogens is 1. The average molecular weight is 260 g/mol. The van der Waals surface area contributed by atoms with Gasteiger partial charge in [-0.05, 0) is 29.7 Å². The van der Waals surface area contributed by atoms with Crippen LogP contribution in [0.4, 0.5) is 0 Å². The summed E-state index contributed by atoms with van der Waals surface area (Å²) < 4.78 is 0. The molecule has 4 nitrogen and oxygen atoms in total. The summed E-state index contributed by atoms with van der Waals surface area (Å²) in [5.74, 6) is -0.161. The molecule has 0 radical (unpaired) electrons. The smallest absolute Gasteiger partial charge is 0.251 e. The highest BCUT2D eigenvalue weighted by Gasteiger charge is 2.22. The van der Waals surface area contributed by atoms with Crippen molar-refractivity contribution in [2.45, 2.75) is 26.9 Å². The maximum atomic E-state index is 12.0. The van der Waals surface area contributed by atoms with Gasteiger partial charge in [0.2, 0.25) is 0 Å². The van der Waals surface area contributed by atoms with E-state index in [9.17, 15) is 9.90 Å². The Morgan fingerprint density at radius 2 is 2.11 bits per heavy atom. The van der Waals surface area contributed by atoms with E-state index in [4.69, 9.17) is 0 Å². The normalized spacial score (nSPS) is 13.5. The third kappa shape index (κ3) is 3.15. The molecule has 2 aromatic rings. The number of aromatic nitrogens is 1. The zero-order valence-electron chi connectivity index (χ0n) is 11.5. The van der Waals surface area contributed by atoms with Gasteiger partial charge in [-0.2, -0.15) is 0 Å². The maximum absolute atomic E-state index is 12.0. The average Bonchev–Trinajstić information content (AvgIpc) is 2.81. The van der Waals surface area contributed by atoms with E-state index in [0.29, 0.717) is 5.56 Å². The van der Waals surface area contributed by atoms with E-state index in [-0.39, 0.29) is 17.9 Å². The topological polar surface area (TPSA) is 65.1 Å². The summed E-state index contributed by atoms with van der Waals surface area (Å²) in [4.78, 5) is 15.1. The first-order valence-corrected chi connectivity index (χ1v) is 6.41. The second-order valence-corrected chi connectivity index (χ2v) is 5.87. The maximum Gasteiger partial charge on any atom is 0.251 e. The molecule has 1 heterocycles. The minimum atomic E-state index is -0.563. The van der Waals surface area contributed by atoms with Crippen molar-refractivity contribution in [2.75, 3.05) is 6.54 Å². The van der Waals surface area contributed by atoms with Gasteiger partial charge in [0.1, 0.15) is 0 Å². The Labute approximate surface area is 112 Å². The van der Waals surface area contributed by atoms with E-state index in [1.165, 1.54) is 0 Å². The molecule has 0 aliphatic rings. The summed E-state index contributed by atoms with van der Waals surface area (Å²) in [6.45, 7) is 6.08. The predicted octanol–water partition coefficient (Wildman–Crippen LogP) is 2.30. The molecule has 2 rings (SSSR count). The summed E-state index contributed by atoms with van der Waals surface area (Å²) >= 11 is 0. The van der Waals surface area contributed by atoms with Crippen molar-refractivity contribution in [1.82, 2.24) is 10.3 Å². The first-order valence-electron chi connectivity index (χ1n) is 6.41.